The van der Waals surface area contributed by atoms with Gasteiger partial charge in [0.15, 0.2) is 0 Å². The Hall–Kier alpha value is -0.650. The lowest BCUT2D eigenvalue weighted by molar-refractivity contribution is -0.119. The molecule has 84 valence electrons. The van der Waals surface area contributed by atoms with Gasteiger partial charge in [0.05, 0.1) is 24.2 Å². The summed E-state index contributed by atoms with van der Waals surface area (Å²) in [4.78, 5) is 17.0. The van der Waals surface area contributed by atoms with Gasteiger partial charge in [-0.2, -0.15) is 0 Å². The minimum absolute atomic E-state index is 0.0828. The molecule has 15 heavy (non-hydrogen) atoms. The number of nitrogens with zero attached hydrogens (tertiary/aromatic N) is 2. The lowest BCUT2D eigenvalue weighted by Crippen LogP contribution is -2.32. The average Bonchev–Trinajstić information content (AvgIpc) is 2.63. The van der Waals surface area contributed by atoms with E-state index in [0.717, 1.165) is 10.7 Å². The minimum Gasteiger partial charge on any atom is -0.369 e. The van der Waals surface area contributed by atoms with Gasteiger partial charge in [0.1, 0.15) is 5.01 Å². The molecule has 1 atom stereocenters. The van der Waals surface area contributed by atoms with E-state index >= 15 is 0 Å². The predicted molar refractivity (Wildman–Crippen MR) is 61.9 cm³/mol. The molecule has 1 heterocycles. The number of hydrogen-bond donors (Lipinski definition) is 1. The van der Waals surface area contributed by atoms with Crippen LogP contribution in [0.5, 0.6) is 0 Å². The van der Waals surface area contributed by atoms with Gasteiger partial charge in [-0.15, -0.1) is 22.9 Å². The molecule has 0 radical (unpaired) electrons. The zero-order valence-electron chi connectivity index (χ0n) is 8.74. The van der Waals surface area contributed by atoms with Crippen molar-refractivity contribution in [2.45, 2.75) is 18.8 Å². The maximum Gasteiger partial charge on any atom is 0.231 e. The highest BCUT2D eigenvalue weighted by Crippen LogP contribution is 2.22. The lowest BCUT2D eigenvalue weighted by atomic mass is 10.3. The first-order valence-electron chi connectivity index (χ1n) is 4.53. The topological polar surface area (TPSA) is 59.2 Å². The van der Waals surface area contributed by atoms with E-state index < -0.39 is 0 Å². The van der Waals surface area contributed by atoms with Crippen molar-refractivity contribution in [3.63, 3.8) is 0 Å². The molecule has 0 spiro atoms. The molecule has 0 saturated carbocycles. The van der Waals surface area contributed by atoms with Gasteiger partial charge >= 0.3 is 0 Å². The molecule has 1 unspecified atom stereocenters. The van der Waals surface area contributed by atoms with E-state index in [0.29, 0.717) is 5.88 Å². The number of primary amides is 1. The minimum atomic E-state index is -0.335. The molecule has 1 aromatic rings. The highest BCUT2D eigenvalue weighted by atomic mass is 35.5. The van der Waals surface area contributed by atoms with Gasteiger partial charge in [-0.05, 0) is 14.0 Å². The fourth-order valence-electron chi connectivity index (χ4n) is 1.15. The van der Waals surface area contributed by atoms with Crippen LogP contribution in [0.3, 0.4) is 0 Å². The zero-order chi connectivity index (χ0) is 11.4. The van der Waals surface area contributed by atoms with E-state index in [1.165, 1.54) is 0 Å². The molecule has 6 heteroatoms. The number of carbonyl (C=O) groups is 1. The quantitative estimate of drug-likeness (QED) is 0.800. The van der Waals surface area contributed by atoms with E-state index in [9.17, 15) is 4.79 Å². The first kappa shape index (κ1) is 12.4. The Bertz CT molecular complexity index is 342. The summed E-state index contributed by atoms with van der Waals surface area (Å²) in [5.74, 6) is 0.0847. The van der Waals surface area contributed by atoms with Crippen molar-refractivity contribution in [3.05, 3.63) is 16.1 Å². The van der Waals surface area contributed by atoms with Gasteiger partial charge in [-0.3, -0.25) is 9.69 Å². The number of alkyl halides is 1. The monoisotopic (exact) mass is 247 g/mol. The number of aromatic nitrogens is 1. The first-order valence-corrected chi connectivity index (χ1v) is 5.94. The Balaban J connectivity index is 2.66. The molecule has 0 aliphatic carbocycles. The van der Waals surface area contributed by atoms with Gasteiger partial charge < -0.3 is 5.73 Å². The summed E-state index contributed by atoms with van der Waals surface area (Å²) in [5.41, 5.74) is 5.99. The smallest absolute Gasteiger partial charge is 0.231 e. The van der Waals surface area contributed by atoms with Gasteiger partial charge in [0.25, 0.3) is 0 Å². The second-order valence-corrected chi connectivity index (χ2v) is 4.53. The van der Waals surface area contributed by atoms with Crippen LogP contribution >= 0.6 is 22.9 Å². The third-order valence-electron chi connectivity index (χ3n) is 2.13. The van der Waals surface area contributed by atoms with Crippen LogP contribution in [-0.2, 0) is 10.7 Å². The summed E-state index contributed by atoms with van der Waals surface area (Å²) in [6.45, 7) is 2.22. The predicted octanol–water partition coefficient (Wildman–Crippen LogP) is 1.36. The van der Waals surface area contributed by atoms with E-state index in [4.69, 9.17) is 17.3 Å². The summed E-state index contributed by atoms with van der Waals surface area (Å²) in [6.07, 6.45) is 0. The summed E-state index contributed by atoms with van der Waals surface area (Å²) in [7, 11) is 1.84. The third-order valence-corrected chi connectivity index (χ3v) is 3.47. The number of amides is 1. The van der Waals surface area contributed by atoms with Crippen LogP contribution in [0.1, 0.15) is 23.7 Å². The maximum absolute atomic E-state index is 10.7. The molecule has 0 aromatic carbocycles. The molecule has 0 bridgehead atoms. The van der Waals surface area contributed by atoms with Gasteiger partial charge in [0.2, 0.25) is 5.91 Å². The molecule has 0 aliphatic heterocycles. The van der Waals surface area contributed by atoms with Crippen LogP contribution in [0, 0.1) is 0 Å². The number of halogens is 1. The zero-order valence-corrected chi connectivity index (χ0v) is 10.3. The Morgan fingerprint density at radius 3 is 2.93 bits per heavy atom. The van der Waals surface area contributed by atoms with Crippen molar-refractivity contribution in [2.24, 2.45) is 5.73 Å². The fourth-order valence-corrected chi connectivity index (χ4v) is 2.32. The average molecular weight is 248 g/mol. The Kier molecular flexibility index (Phi) is 4.50. The van der Waals surface area contributed by atoms with Crippen LogP contribution in [0.25, 0.3) is 0 Å². The molecular formula is C9H14ClN3OS. The SMILES string of the molecule is CC(c1nc(CCl)cs1)N(C)CC(N)=O. The second kappa shape index (κ2) is 5.44. The Morgan fingerprint density at radius 2 is 2.47 bits per heavy atom. The molecule has 1 amide bonds. The number of thiazole rings is 1. The third kappa shape index (κ3) is 3.44. The van der Waals surface area contributed by atoms with E-state index in [2.05, 4.69) is 4.98 Å². The highest BCUT2D eigenvalue weighted by Gasteiger charge is 2.16. The summed E-state index contributed by atoms with van der Waals surface area (Å²) < 4.78 is 0. The molecule has 1 rings (SSSR count). The number of carbonyl (C=O) groups excluding carboxylic acids is 1. The molecule has 0 aliphatic rings. The lowest BCUT2D eigenvalue weighted by Gasteiger charge is -2.20. The highest BCUT2D eigenvalue weighted by molar-refractivity contribution is 7.09. The van der Waals surface area contributed by atoms with Crippen LogP contribution < -0.4 is 5.73 Å². The van der Waals surface area contributed by atoms with Crippen molar-refractivity contribution in [1.29, 1.82) is 0 Å². The summed E-state index contributed by atoms with van der Waals surface area (Å²) in [6, 6.07) is 0.0828. The van der Waals surface area contributed by atoms with Crippen LogP contribution in [0.4, 0.5) is 0 Å². The van der Waals surface area contributed by atoms with Crippen molar-refractivity contribution in [3.8, 4) is 0 Å². The second-order valence-electron chi connectivity index (χ2n) is 3.37. The summed E-state index contributed by atoms with van der Waals surface area (Å²) in [5, 5.41) is 2.88. The molecule has 2 N–H and O–H groups in total. The Labute approximate surface area is 98.0 Å². The number of nitrogens with two attached hydrogens (primary N) is 1. The normalized spacial score (nSPS) is 13.1. The van der Waals surface area contributed by atoms with Crippen molar-refractivity contribution >= 4 is 28.8 Å². The van der Waals surface area contributed by atoms with Gasteiger partial charge in [0, 0.05) is 5.38 Å². The Morgan fingerprint density at radius 1 is 1.80 bits per heavy atom. The molecule has 0 fully saturated rings. The first-order chi connectivity index (χ1) is 7.04. The van der Waals surface area contributed by atoms with Gasteiger partial charge in [-0.25, -0.2) is 4.98 Å². The van der Waals surface area contributed by atoms with Crippen LogP contribution in [0.15, 0.2) is 5.38 Å². The van der Waals surface area contributed by atoms with Crippen molar-refractivity contribution in [2.75, 3.05) is 13.6 Å². The van der Waals surface area contributed by atoms with Crippen LogP contribution in [-0.4, -0.2) is 29.4 Å². The molecule has 0 saturated heterocycles. The van der Waals surface area contributed by atoms with E-state index in [-0.39, 0.29) is 18.5 Å². The maximum atomic E-state index is 10.7. The van der Waals surface area contributed by atoms with Crippen molar-refractivity contribution in [1.82, 2.24) is 9.88 Å². The molecule has 1 aromatic heterocycles. The fraction of sp³-hybridized carbons (Fsp3) is 0.556. The summed E-state index contributed by atoms with van der Waals surface area (Å²) >= 11 is 7.21. The number of likely N-dealkylation sites (N-methyl/N-ethyl adjacent to an activating group) is 1. The number of rotatable bonds is 5. The van der Waals surface area contributed by atoms with E-state index in [1.807, 2.05) is 24.3 Å². The van der Waals surface area contributed by atoms with E-state index in [1.54, 1.807) is 11.3 Å². The number of hydrogen-bond acceptors (Lipinski definition) is 4. The van der Waals surface area contributed by atoms with Crippen LogP contribution in [0.2, 0.25) is 0 Å². The molecule has 4 nitrogen and oxygen atoms in total. The van der Waals surface area contributed by atoms with Crippen molar-refractivity contribution < 1.29 is 4.79 Å². The molecular weight excluding hydrogens is 234 g/mol. The van der Waals surface area contributed by atoms with Gasteiger partial charge in [-0.1, -0.05) is 0 Å². The largest absolute Gasteiger partial charge is 0.369 e. The standard InChI is InChI=1S/C9H14ClN3OS/c1-6(13(2)4-8(11)14)9-12-7(3-10)5-15-9/h5-6H,3-4H2,1-2H3,(H2,11,14).